The largest absolute Gasteiger partial charge is 0.389 e. The Bertz CT molecular complexity index is 223. The van der Waals surface area contributed by atoms with Crippen LogP contribution in [0.3, 0.4) is 0 Å². The predicted octanol–water partition coefficient (Wildman–Crippen LogP) is 1.64. The molecule has 1 aliphatic rings. The van der Waals surface area contributed by atoms with Gasteiger partial charge in [0.1, 0.15) is 0 Å². The quantitative estimate of drug-likeness (QED) is 0.808. The fourth-order valence-corrected chi connectivity index (χ4v) is 1.81. The average molecular weight is 317 g/mol. The van der Waals surface area contributed by atoms with Crippen LogP contribution in [0.25, 0.3) is 0 Å². The first kappa shape index (κ1) is 21.7. The summed E-state index contributed by atoms with van der Waals surface area (Å²) in [5.74, 6) is 0. The molecular formula is C13H30Cl2N2O2. The molecule has 19 heavy (non-hydrogen) atoms. The van der Waals surface area contributed by atoms with Crippen LogP contribution in [0.5, 0.6) is 0 Å². The molecule has 1 saturated heterocycles. The van der Waals surface area contributed by atoms with Gasteiger partial charge >= 0.3 is 0 Å². The number of hydrogen-bond acceptors (Lipinski definition) is 4. The minimum Gasteiger partial charge on any atom is -0.389 e. The molecule has 0 aliphatic carbocycles. The van der Waals surface area contributed by atoms with Gasteiger partial charge in [-0.1, -0.05) is 6.92 Å². The highest BCUT2D eigenvalue weighted by molar-refractivity contribution is 5.85. The van der Waals surface area contributed by atoms with Crippen molar-refractivity contribution in [3.63, 3.8) is 0 Å². The molecule has 0 radical (unpaired) electrons. The minimum atomic E-state index is -0.371. The second-order valence-corrected chi connectivity index (χ2v) is 5.68. The summed E-state index contributed by atoms with van der Waals surface area (Å²) in [6, 6.07) is 0. The molecule has 0 aromatic heterocycles. The molecule has 0 saturated carbocycles. The Hall–Kier alpha value is 0.420. The second kappa shape index (κ2) is 10.2. The van der Waals surface area contributed by atoms with Crippen molar-refractivity contribution in [2.24, 2.45) is 0 Å². The Morgan fingerprint density at radius 1 is 1.16 bits per heavy atom. The molecule has 1 atom stereocenters. The van der Waals surface area contributed by atoms with Gasteiger partial charge < -0.3 is 14.7 Å². The van der Waals surface area contributed by atoms with Crippen molar-refractivity contribution < 1.29 is 9.84 Å². The molecule has 4 nitrogen and oxygen atoms in total. The molecule has 1 rings (SSSR count). The fraction of sp³-hybridized carbons (Fsp3) is 1.00. The highest BCUT2D eigenvalue weighted by Crippen LogP contribution is 2.14. The Kier molecular flexibility index (Phi) is 11.6. The smallest absolute Gasteiger partial charge is 0.0900 e. The first-order valence-corrected chi connectivity index (χ1v) is 6.66. The van der Waals surface area contributed by atoms with E-state index in [1.807, 2.05) is 0 Å². The maximum atomic E-state index is 9.95. The summed E-state index contributed by atoms with van der Waals surface area (Å²) in [6.45, 7) is 11.7. The third-order valence-corrected chi connectivity index (χ3v) is 3.58. The predicted molar refractivity (Wildman–Crippen MR) is 84.8 cm³/mol. The molecule has 0 bridgehead atoms. The molecule has 1 unspecified atom stereocenters. The maximum Gasteiger partial charge on any atom is 0.0900 e. The topological polar surface area (TPSA) is 35.9 Å². The van der Waals surface area contributed by atoms with Crippen LogP contribution in [0.2, 0.25) is 0 Å². The van der Waals surface area contributed by atoms with Crippen LogP contribution in [0.4, 0.5) is 0 Å². The first-order chi connectivity index (χ1) is 7.93. The van der Waals surface area contributed by atoms with E-state index in [9.17, 15) is 5.11 Å². The van der Waals surface area contributed by atoms with E-state index in [-0.39, 0.29) is 36.5 Å². The van der Waals surface area contributed by atoms with Crippen LogP contribution < -0.4 is 0 Å². The monoisotopic (exact) mass is 316 g/mol. The number of halogens is 2. The van der Waals surface area contributed by atoms with Gasteiger partial charge in [0.05, 0.1) is 18.3 Å². The van der Waals surface area contributed by atoms with Gasteiger partial charge in [0.25, 0.3) is 0 Å². The summed E-state index contributed by atoms with van der Waals surface area (Å²) in [5, 5.41) is 9.95. The van der Waals surface area contributed by atoms with Gasteiger partial charge in [0.2, 0.25) is 0 Å². The molecule has 1 heterocycles. The number of aliphatic hydroxyl groups excluding tert-OH is 1. The third kappa shape index (κ3) is 9.05. The van der Waals surface area contributed by atoms with Crippen molar-refractivity contribution in [1.29, 1.82) is 0 Å². The van der Waals surface area contributed by atoms with E-state index < -0.39 is 0 Å². The van der Waals surface area contributed by atoms with Crippen molar-refractivity contribution in [3.05, 3.63) is 0 Å². The SMILES string of the molecule is CCC(C)(C)OCC(O)CN1CCN(C)CC1.Cl.Cl. The van der Waals surface area contributed by atoms with Gasteiger partial charge in [0.15, 0.2) is 0 Å². The Morgan fingerprint density at radius 3 is 2.16 bits per heavy atom. The van der Waals surface area contributed by atoms with Gasteiger partial charge in [-0.05, 0) is 27.3 Å². The number of hydrogen-bond donors (Lipinski definition) is 1. The lowest BCUT2D eigenvalue weighted by Crippen LogP contribution is -2.48. The summed E-state index contributed by atoms with van der Waals surface area (Å²) in [6.07, 6.45) is 0.595. The first-order valence-electron chi connectivity index (χ1n) is 6.66. The fourth-order valence-electron chi connectivity index (χ4n) is 1.81. The van der Waals surface area contributed by atoms with E-state index in [2.05, 4.69) is 37.6 Å². The summed E-state index contributed by atoms with van der Waals surface area (Å²) in [7, 11) is 2.14. The standard InChI is InChI=1S/C13H28N2O2.2ClH/c1-5-13(2,3)17-11-12(16)10-15-8-6-14(4)7-9-15;;/h12,16H,5-11H2,1-4H3;2*1H. The molecule has 1 fully saturated rings. The number of rotatable bonds is 6. The van der Waals surface area contributed by atoms with Gasteiger partial charge in [-0.2, -0.15) is 0 Å². The van der Waals surface area contributed by atoms with Crippen molar-refractivity contribution >= 4 is 24.8 Å². The van der Waals surface area contributed by atoms with E-state index in [1.54, 1.807) is 0 Å². The van der Waals surface area contributed by atoms with Gasteiger partial charge in [-0.25, -0.2) is 0 Å². The molecule has 0 spiro atoms. The molecule has 1 N–H and O–H groups in total. The summed E-state index contributed by atoms with van der Waals surface area (Å²) < 4.78 is 5.72. The zero-order valence-electron chi connectivity index (χ0n) is 12.6. The van der Waals surface area contributed by atoms with Crippen LogP contribution in [0, 0.1) is 0 Å². The van der Waals surface area contributed by atoms with E-state index in [1.165, 1.54) is 0 Å². The van der Waals surface area contributed by atoms with Crippen LogP contribution in [0.15, 0.2) is 0 Å². The number of nitrogens with zero attached hydrogens (tertiary/aromatic N) is 2. The molecule has 1 aliphatic heterocycles. The zero-order chi connectivity index (χ0) is 12.9. The van der Waals surface area contributed by atoms with E-state index in [0.29, 0.717) is 6.61 Å². The molecule has 0 aromatic rings. The lowest BCUT2D eigenvalue weighted by atomic mass is 10.1. The van der Waals surface area contributed by atoms with Crippen LogP contribution >= 0.6 is 24.8 Å². The summed E-state index contributed by atoms with van der Waals surface area (Å²) in [5.41, 5.74) is -0.122. The van der Waals surface area contributed by atoms with Gasteiger partial charge in [0, 0.05) is 32.7 Å². The normalized spacial score (nSPS) is 19.4. The van der Waals surface area contributed by atoms with Crippen LogP contribution in [-0.4, -0.2) is 73.0 Å². The lowest BCUT2D eigenvalue weighted by Gasteiger charge is -2.34. The molecule has 6 heteroatoms. The van der Waals surface area contributed by atoms with Gasteiger partial charge in [-0.3, -0.25) is 4.90 Å². The van der Waals surface area contributed by atoms with E-state index >= 15 is 0 Å². The van der Waals surface area contributed by atoms with E-state index in [4.69, 9.17) is 4.74 Å². The number of ether oxygens (including phenoxy) is 1. The highest BCUT2D eigenvalue weighted by Gasteiger charge is 2.20. The van der Waals surface area contributed by atoms with Gasteiger partial charge in [-0.15, -0.1) is 24.8 Å². The third-order valence-electron chi connectivity index (χ3n) is 3.58. The van der Waals surface area contributed by atoms with Crippen molar-refractivity contribution in [2.45, 2.75) is 38.9 Å². The Balaban J connectivity index is 0. The maximum absolute atomic E-state index is 9.95. The van der Waals surface area contributed by atoms with Crippen LogP contribution in [-0.2, 0) is 4.74 Å². The zero-order valence-corrected chi connectivity index (χ0v) is 14.2. The number of aliphatic hydroxyl groups is 1. The Morgan fingerprint density at radius 2 is 1.68 bits per heavy atom. The van der Waals surface area contributed by atoms with Crippen molar-refractivity contribution in [1.82, 2.24) is 9.80 Å². The molecular weight excluding hydrogens is 287 g/mol. The number of likely N-dealkylation sites (N-methyl/N-ethyl adjacent to an activating group) is 1. The van der Waals surface area contributed by atoms with E-state index in [0.717, 1.165) is 39.1 Å². The van der Waals surface area contributed by atoms with Crippen molar-refractivity contribution in [3.8, 4) is 0 Å². The number of piperazine rings is 1. The Labute approximate surface area is 130 Å². The molecule has 118 valence electrons. The lowest BCUT2D eigenvalue weighted by molar-refractivity contribution is -0.0689. The summed E-state index contributed by atoms with van der Waals surface area (Å²) in [4.78, 5) is 4.63. The minimum absolute atomic E-state index is 0. The molecule has 0 amide bonds. The summed E-state index contributed by atoms with van der Waals surface area (Å²) >= 11 is 0. The highest BCUT2D eigenvalue weighted by atomic mass is 35.5. The van der Waals surface area contributed by atoms with Crippen molar-refractivity contribution in [2.75, 3.05) is 46.4 Å². The molecule has 0 aromatic carbocycles. The number of β-amino-alcohol motifs (C(OH)–C–C–N with tert-alkyl or cyclic N) is 1. The second-order valence-electron chi connectivity index (χ2n) is 5.68. The van der Waals surface area contributed by atoms with Crippen LogP contribution in [0.1, 0.15) is 27.2 Å². The average Bonchev–Trinajstić information content (AvgIpc) is 2.30.